The van der Waals surface area contributed by atoms with E-state index in [1.165, 1.54) is 0 Å². The van der Waals surface area contributed by atoms with Gasteiger partial charge in [0.2, 0.25) is 0 Å². The SMILES string of the molecule is Cn1ncc(C(F)(F)F)c(C(=O)O)c1=O. The summed E-state index contributed by atoms with van der Waals surface area (Å²) in [4.78, 5) is 21.6. The molecule has 0 radical (unpaired) electrons. The van der Waals surface area contributed by atoms with Gasteiger partial charge < -0.3 is 5.11 Å². The fraction of sp³-hybridized carbons (Fsp3) is 0.286. The molecule has 0 unspecified atom stereocenters. The Balaban J connectivity index is 3.63. The van der Waals surface area contributed by atoms with Gasteiger partial charge in [0.1, 0.15) is 5.56 Å². The first-order valence-corrected chi connectivity index (χ1v) is 3.62. The topological polar surface area (TPSA) is 72.2 Å². The van der Waals surface area contributed by atoms with Crippen molar-refractivity contribution in [2.24, 2.45) is 7.05 Å². The molecule has 8 heteroatoms. The lowest BCUT2D eigenvalue weighted by Crippen LogP contribution is -2.30. The van der Waals surface area contributed by atoms with Crippen molar-refractivity contribution < 1.29 is 23.1 Å². The Hall–Kier alpha value is -1.86. The number of hydrogen-bond acceptors (Lipinski definition) is 3. The van der Waals surface area contributed by atoms with Gasteiger partial charge in [-0.1, -0.05) is 0 Å². The molecule has 0 aromatic carbocycles. The quantitative estimate of drug-likeness (QED) is 0.750. The highest BCUT2D eigenvalue weighted by atomic mass is 19.4. The Kier molecular flexibility index (Phi) is 2.52. The normalized spacial score (nSPS) is 11.5. The van der Waals surface area contributed by atoms with Crippen LogP contribution >= 0.6 is 0 Å². The molecule has 1 aromatic heterocycles. The monoisotopic (exact) mass is 222 g/mol. The van der Waals surface area contributed by atoms with Crippen LogP contribution in [0.4, 0.5) is 13.2 Å². The predicted molar refractivity (Wildman–Crippen MR) is 41.4 cm³/mol. The molecule has 0 aliphatic rings. The average molecular weight is 222 g/mol. The largest absolute Gasteiger partial charge is 0.477 e. The molecule has 1 rings (SSSR count). The molecular formula is C7H5F3N2O3. The zero-order chi connectivity index (χ0) is 11.8. The van der Waals surface area contributed by atoms with E-state index >= 15 is 0 Å². The lowest BCUT2D eigenvalue weighted by molar-refractivity contribution is -0.138. The van der Waals surface area contributed by atoms with Crippen LogP contribution in [-0.4, -0.2) is 20.9 Å². The predicted octanol–water partition coefficient (Wildman–Crippen LogP) is 0.497. The maximum atomic E-state index is 12.3. The van der Waals surface area contributed by atoms with Crippen LogP contribution in [0.3, 0.4) is 0 Å². The number of aryl methyl sites for hydroxylation is 1. The van der Waals surface area contributed by atoms with Crippen LogP contribution in [0.5, 0.6) is 0 Å². The van der Waals surface area contributed by atoms with Gasteiger partial charge in [-0.25, -0.2) is 9.48 Å². The Morgan fingerprint density at radius 3 is 2.47 bits per heavy atom. The summed E-state index contributed by atoms with van der Waals surface area (Å²) in [6, 6.07) is 0. The maximum absolute atomic E-state index is 12.3. The molecule has 5 nitrogen and oxygen atoms in total. The molecule has 0 atom stereocenters. The van der Waals surface area contributed by atoms with Crippen LogP contribution in [0, 0.1) is 0 Å². The van der Waals surface area contributed by atoms with Crippen LogP contribution in [0.2, 0.25) is 0 Å². The maximum Gasteiger partial charge on any atom is 0.419 e. The molecular weight excluding hydrogens is 217 g/mol. The summed E-state index contributed by atoms with van der Waals surface area (Å²) in [5, 5.41) is 11.6. The first-order valence-electron chi connectivity index (χ1n) is 3.62. The lowest BCUT2D eigenvalue weighted by atomic mass is 10.1. The summed E-state index contributed by atoms with van der Waals surface area (Å²) in [5.74, 6) is -1.93. The van der Waals surface area contributed by atoms with E-state index in [1.54, 1.807) is 0 Å². The van der Waals surface area contributed by atoms with Crippen molar-refractivity contribution in [3.63, 3.8) is 0 Å². The second kappa shape index (κ2) is 3.37. The standard InChI is InChI=1S/C7H5F3N2O3/c1-12-5(13)4(6(14)15)3(2-11-12)7(8,9)10/h2H,1H3,(H,14,15). The Bertz CT molecular complexity index is 464. The number of rotatable bonds is 1. The highest BCUT2D eigenvalue weighted by molar-refractivity contribution is 5.88. The van der Waals surface area contributed by atoms with Crippen LogP contribution < -0.4 is 5.56 Å². The Labute approximate surface area is 80.8 Å². The van der Waals surface area contributed by atoms with Gasteiger partial charge in [-0.05, 0) is 0 Å². The summed E-state index contributed by atoms with van der Waals surface area (Å²) >= 11 is 0. The molecule has 0 spiro atoms. The van der Waals surface area contributed by atoms with Crippen LogP contribution in [0.15, 0.2) is 11.0 Å². The number of carbonyl (C=O) groups is 1. The van der Waals surface area contributed by atoms with Crippen molar-refractivity contribution in [1.29, 1.82) is 0 Å². The van der Waals surface area contributed by atoms with Crippen molar-refractivity contribution >= 4 is 5.97 Å². The zero-order valence-electron chi connectivity index (χ0n) is 7.37. The number of hydrogen-bond donors (Lipinski definition) is 1. The number of aromatic carboxylic acids is 1. The van der Waals surface area contributed by atoms with E-state index in [1.807, 2.05) is 0 Å². The molecule has 1 aromatic rings. The van der Waals surface area contributed by atoms with E-state index in [4.69, 9.17) is 5.11 Å². The number of nitrogens with zero attached hydrogens (tertiary/aromatic N) is 2. The summed E-state index contributed by atoms with van der Waals surface area (Å²) in [6.45, 7) is 0. The highest BCUT2D eigenvalue weighted by Crippen LogP contribution is 2.29. The zero-order valence-corrected chi connectivity index (χ0v) is 7.37. The molecule has 0 fully saturated rings. The van der Waals surface area contributed by atoms with Gasteiger partial charge in [0.15, 0.2) is 0 Å². The molecule has 1 heterocycles. The molecule has 0 amide bonds. The van der Waals surface area contributed by atoms with E-state index in [0.717, 1.165) is 7.05 Å². The number of alkyl halides is 3. The lowest BCUT2D eigenvalue weighted by Gasteiger charge is -2.09. The van der Waals surface area contributed by atoms with Crippen molar-refractivity contribution in [1.82, 2.24) is 9.78 Å². The van der Waals surface area contributed by atoms with Crippen molar-refractivity contribution in [2.75, 3.05) is 0 Å². The van der Waals surface area contributed by atoms with Crippen LogP contribution in [0.1, 0.15) is 15.9 Å². The average Bonchev–Trinajstić information content (AvgIpc) is 2.06. The fourth-order valence-corrected chi connectivity index (χ4v) is 0.960. The first-order chi connectivity index (χ1) is 6.75. The van der Waals surface area contributed by atoms with E-state index in [2.05, 4.69) is 5.10 Å². The van der Waals surface area contributed by atoms with E-state index in [9.17, 15) is 22.8 Å². The third-order valence-corrected chi connectivity index (χ3v) is 1.66. The summed E-state index contributed by atoms with van der Waals surface area (Å²) < 4.78 is 37.3. The van der Waals surface area contributed by atoms with Gasteiger partial charge in [-0.2, -0.15) is 18.3 Å². The number of carboxylic acids is 1. The van der Waals surface area contributed by atoms with E-state index in [0.29, 0.717) is 10.9 Å². The van der Waals surface area contributed by atoms with Crippen molar-refractivity contribution in [3.05, 3.63) is 27.7 Å². The number of aromatic nitrogens is 2. The molecule has 0 saturated carbocycles. The molecule has 0 aliphatic heterocycles. The fourth-order valence-electron chi connectivity index (χ4n) is 0.960. The van der Waals surface area contributed by atoms with Gasteiger partial charge in [-0.15, -0.1) is 0 Å². The number of halogens is 3. The minimum atomic E-state index is -4.91. The van der Waals surface area contributed by atoms with Gasteiger partial charge in [0.05, 0.1) is 11.8 Å². The van der Waals surface area contributed by atoms with Crippen molar-refractivity contribution in [3.8, 4) is 0 Å². The Morgan fingerprint density at radius 2 is 2.07 bits per heavy atom. The Morgan fingerprint density at radius 1 is 1.53 bits per heavy atom. The summed E-state index contributed by atoms with van der Waals surface area (Å²) in [6.07, 6.45) is -4.60. The molecule has 15 heavy (non-hydrogen) atoms. The molecule has 0 saturated heterocycles. The third-order valence-electron chi connectivity index (χ3n) is 1.66. The third kappa shape index (κ3) is 1.97. The first kappa shape index (κ1) is 11.2. The van der Waals surface area contributed by atoms with Crippen LogP contribution in [-0.2, 0) is 13.2 Å². The smallest absolute Gasteiger partial charge is 0.419 e. The second-order valence-electron chi connectivity index (χ2n) is 2.66. The molecule has 0 bridgehead atoms. The summed E-state index contributed by atoms with van der Waals surface area (Å²) in [5.41, 5.74) is -4.16. The van der Waals surface area contributed by atoms with Gasteiger partial charge >= 0.3 is 12.1 Å². The number of carboxylic acid groups (broad SMARTS) is 1. The molecule has 0 aliphatic carbocycles. The van der Waals surface area contributed by atoms with Crippen LogP contribution in [0.25, 0.3) is 0 Å². The molecule has 1 N–H and O–H groups in total. The minimum Gasteiger partial charge on any atom is -0.477 e. The van der Waals surface area contributed by atoms with E-state index < -0.39 is 28.8 Å². The highest BCUT2D eigenvalue weighted by Gasteiger charge is 2.37. The molecule has 82 valence electrons. The van der Waals surface area contributed by atoms with E-state index in [-0.39, 0.29) is 0 Å². The van der Waals surface area contributed by atoms with Gasteiger partial charge in [0.25, 0.3) is 5.56 Å². The van der Waals surface area contributed by atoms with Crippen molar-refractivity contribution in [2.45, 2.75) is 6.18 Å². The van der Waals surface area contributed by atoms with Gasteiger partial charge in [-0.3, -0.25) is 4.79 Å². The summed E-state index contributed by atoms with van der Waals surface area (Å²) in [7, 11) is 1.06. The minimum absolute atomic E-state index is 0.310. The van der Waals surface area contributed by atoms with Gasteiger partial charge in [0, 0.05) is 7.05 Å². The second-order valence-corrected chi connectivity index (χ2v) is 2.66.